The van der Waals surface area contributed by atoms with Crippen LogP contribution in [0.5, 0.6) is 0 Å². The highest BCUT2D eigenvalue weighted by molar-refractivity contribution is 5.85. The van der Waals surface area contributed by atoms with Gasteiger partial charge in [-0.1, -0.05) is 18.2 Å². The van der Waals surface area contributed by atoms with Gasteiger partial charge in [0, 0.05) is 26.2 Å². The van der Waals surface area contributed by atoms with Crippen molar-refractivity contribution < 1.29 is 9.59 Å². The van der Waals surface area contributed by atoms with Crippen LogP contribution in [0.2, 0.25) is 0 Å². The van der Waals surface area contributed by atoms with Gasteiger partial charge in [-0.05, 0) is 48.8 Å². The van der Waals surface area contributed by atoms with Gasteiger partial charge < -0.3 is 16.0 Å². The zero-order valence-corrected chi connectivity index (χ0v) is 15.4. The number of nitrogens with one attached hydrogen (secondary N) is 1. The minimum atomic E-state index is -0.103. The van der Waals surface area contributed by atoms with Crippen LogP contribution in [0.1, 0.15) is 36.0 Å². The van der Waals surface area contributed by atoms with E-state index in [9.17, 15) is 9.59 Å². The molecule has 1 saturated heterocycles. The lowest BCUT2D eigenvalue weighted by atomic mass is 9.96. The maximum Gasteiger partial charge on any atom is 0.227 e. The minimum absolute atomic E-state index is 0. The van der Waals surface area contributed by atoms with Crippen molar-refractivity contribution in [2.75, 3.05) is 26.2 Å². The summed E-state index contributed by atoms with van der Waals surface area (Å²) >= 11 is 0. The Hall–Kier alpha value is -1.59. The standard InChI is InChI=1S/C19H27N3O2.ClH/c20-8-9-21-19(24)17-5-2-10-22(13-17)18(23)12-14-6-7-15-3-1-4-16(15)11-14;/h6-7,11,17H,1-5,8-10,12-13,20H2,(H,21,24);1H. The quantitative estimate of drug-likeness (QED) is 0.829. The van der Waals surface area contributed by atoms with E-state index in [-0.39, 0.29) is 30.1 Å². The van der Waals surface area contributed by atoms with Crippen LogP contribution in [-0.2, 0) is 28.9 Å². The van der Waals surface area contributed by atoms with Crippen LogP contribution in [0.15, 0.2) is 18.2 Å². The molecule has 0 saturated carbocycles. The van der Waals surface area contributed by atoms with E-state index in [0.29, 0.717) is 26.1 Å². The number of benzene rings is 1. The fourth-order valence-corrected chi connectivity index (χ4v) is 3.78. The molecule has 1 aliphatic heterocycles. The third-order valence-corrected chi connectivity index (χ3v) is 5.11. The lowest BCUT2D eigenvalue weighted by Crippen LogP contribution is -2.46. The summed E-state index contributed by atoms with van der Waals surface area (Å²) in [6, 6.07) is 6.44. The number of nitrogens with zero attached hydrogens (tertiary/aromatic N) is 1. The summed E-state index contributed by atoms with van der Waals surface area (Å²) in [5.74, 6) is 0.0500. The zero-order chi connectivity index (χ0) is 16.9. The van der Waals surface area contributed by atoms with Gasteiger partial charge in [0.15, 0.2) is 0 Å². The molecule has 25 heavy (non-hydrogen) atoms. The monoisotopic (exact) mass is 365 g/mol. The number of hydrogen-bond acceptors (Lipinski definition) is 3. The van der Waals surface area contributed by atoms with Crippen molar-refractivity contribution in [2.24, 2.45) is 11.7 Å². The van der Waals surface area contributed by atoms with E-state index in [1.807, 2.05) is 4.90 Å². The smallest absolute Gasteiger partial charge is 0.227 e. The number of amides is 2. The van der Waals surface area contributed by atoms with Crippen LogP contribution in [-0.4, -0.2) is 42.9 Å². The van der Waals surface area contributed by atoms with Crippen molar-refractivity contribution in [3.8, 4) is 0 Å². The molecule has 1 aromatic carbocycles. The number of rotatable bonds is 5. The van der Waals surface area contributed by atoms with Crippen LogP contribution in [0.3, 0.4) is 0 Å². The first-order chi connectivity index (χ1) is 11.7. The highest BCUT2D eigenvalue weighted by Crippen LogP contribution is 2.24. The first kappa shape index (κ1) is 19.7. The van der Waals surface area contributed by atoms with E-state index < -0.39 is 0 Å². The van der Waals surface area contributed by atoms with Gasteiger partial charge in [0.05, 0.1) is 12.3 Å². The lowest BCUT2D eigenvalue weighted by molar-refractivity contribution is -0.135. The first-order valence-electron chi connectivity index (χ1n) is 9.03. The Labute approximate surface area is 155 Å². The van der Waals surface area contributed by atoms with Crippen molar-refractivity contribution in [1.29, 1.82) is 0 Å². The third-order valence-electron chi connectivity index (χ3n) is 5.11. The molecular formula is C19H28ClN3O2. The Morgan fingerprint density at radius 1 is 1.20 bits per heavy atom. The molecule has 1 heterocycles. The predicted octanol–water partition coefficient (Wildman–Crippen LogP) is 1.45. The number of fused-ring (bicyclic) bond motifs is 1. The maximum atomic E-state index is 12.6. The number of carbonyl (C=O) groups is 2. The average molecular weight is 366 g/mol. The number of halogens is 1. The third kappa shape index (κ3) is 4.95. The van der Waals surface area contributed by atoms with Crippen LogP contribution >= 0.6 is 12.4 Å². The molecule has 0 spiro atoms. The molecule has 3 rings (SSSR count). The number of piperidine rings is 1. The van der Waals surface area contributed by atoms with Gasteiger partial charge in [0.2, 0.25) is 11.8 Å². The molecule has 1 aromatic rings. The molecule has 5 nitrogen and oxygen atoms in total. The summed E-state index contributed by atoms with van der Waals surface area (Å²) in [7, 11) is 0. The summed E-state index contributed by atoms with van der Waals surface area (Å²) < 4.78 is 0. The molecule has 0 radical (unpaired) electrons. The first-order valence-corrected chi connectivity index (χ1v) is 9.03. The molecule has 3 N–H and O–H groups in total. The number of likely N-dealkylation sites (tertiary alicyclic amines) is 1. The van der Waals surface area contributed by atoms with Crippen molar-refractivity contribution in [2.45, 2.75) is 38.5 Å². The van der Waals surface area contributed by atoms with E-state index >= 15 is 0 Å². The summed E-state index contributed by atoms with van der Waals surface area (Å²) in [4.78, 5) is 26.6. The van der Waals surface area contributed by atoms with Gasteiger partial charge in [0.25, 0.3) is 0 Å². The number of nitrogens with two attached hydrogens (primary N) is 1. The molecular weight excluding hydrogens is 338 g/mol. The molecule has 1 unspecified atom stereocenters. The van der Waals surface area contributed by atoms with Crippen LogP contribution in [0.25, 0.3) is 0 Å². The Bertz CT molecular complexity index is 621. The molecule has 2 amide bonds. The molecule has 1 atom stereocenters. The Kier molecular flexibility index (Phi) is 7.26. The van der Waals surface area contributed by atoms with E-state index in [1.165, 1.54) is 17.5 Å². The zero-order valence-electron chi connectivity index (χ0n) is 14.6. The summed E-state index contributed by atoms with van der Waals surface area (Å²) in [5, 5.41) is 2.84. The minimum Gasteiger partial charge on any atom is -0.355 e. The molecule has 0 aromatic heterocycles. The van der Waals surface area contributed by atoms with Crippen LogP contribution < -0.4 is 11.1 Å². The van der Waals surface area contributed by atoms with Gasteiger partial charge in [0.1, 0.15) is 0 Å². The molecule has 1 aliphatic carbocycles. The molecule has 0 bridgehead atoms. The van der Waals surface area contributed by atoms with Gasteiger partial charge >= 0.3 is 0 Å². The number of carbonyl (C=O) groups excluding carboxylic acids is 2. The maximum absolute atomic E-state index is 12.6. The van der Waals surface area contributed by atoms with Crippen molar-refractivity contribution in [3.05, 3.63) is 34.9 Å². The fourth-order valence-electron chi connectivity index (χ4n) is 3.78. The van der Waals surface area contributed by atoms with Crippen LogP contribution in [0, 0.1) is 5.92 Å². The summed E-state index contributed by atoms with van der Waals surface area (Å²) in [6.07, 6.45) is 5.68. The normalized spacial score (nSPS) is 19.1. The van der Waals surface area contributed by atoms with Crippen molar-refractivity contribution in [3.63, 3.8) is 0 Å². The molecule has 2 aliphatic rings. The highest BCUT2D eigenvalue weighted by atomic mass is 35.5. The Morgan fingerprint density at radius 2 is 2.00 bits per heavy atom. The Balaban J connectivity index is 0.00000225. The van der Waals surface area contributed by atoms with Gasteiger partial charge in [-0.15, -0.1) is 12.4 Å². The largest absolute Gasteiger partial charge is 0.355 e. The average Bonchev–Trinajstić information content (AvgIpc) is 3.07. The van der Waals surface area contributed by atoms with Gasteiger partial charge in [-0.25, -0.2) is 0 Å². The second kappa shape index (κ2) is 9.20. The summed E-state index contributed by atoms with van der Waals surface area (Å²) in [6.45, 7) is 2.22. The van der Waals surface area contributed by atoms with E-state index in [2.05, 4.69) is 23.5 Å². The number of hydrogen-bond donors (Lipinski definition) is 2. The molecule has 6 heteroatoms. The topological polar surface area (TPSA) is 75.4 Å². The fraction of sp³-hybridized carbons (Fsp3) is 0.579. The lowest BCUT2D eigenvalue weighted by Gasteiger charge is -2.32. The second-order valence-corrected chi connectivity index (χ2v) is 6.89. The van der Waals surface area contributed by atoms with Crippen LogP contribution in [0.4, 0.5) is 0 Å². The Morgan fingerprint density at radius 3 is 2.80 bits per heavy atom. The highest BCUT2D eigenvalue weighted by Gasteiger charge is 2.28. The van der Waals surface area contributed by atoms with Crippen molar-refractivity contribution in [1.82, 2.24) is 10.2 Å². The molecule has 138 valence electrons. The van der Waals surface area contributed by atoms with Gasteiger partial charge in [-0.3, -0.25) is 9.59 Å². The molecule has 1 fully saturated rings. The summed E-state index contributed by atoms with van der Waals surface area (Å²) in [5.41, 5.74) is 9.35. The predicted molar refractivity (Wildman–Crippen MR) is 101 cm³/mol. The van der Waals surface area contributed by atoms with Crippen molar-refractivity contribution >= 4 is 24.2 Å². The van der Waals surface area contributed by atoms with E-state index in [4.69, 9.17) is 5.73 Å². The van der Waals surface area contributed by atoms with E-state index in [1.54, 1.807) is 0 Å². The SMILES string of the molecule is Cl.NCCNC(=O)C1CCCN(C(=O)Cc2ccc3c(c2)CCC3)C1. The second-order valence-electron chi connectivity index (χ2n) is 6.89. The van der Waals surface area contributed by atoms with E-state index in [0.717, 1.165) is 37.8 Å². The van der Waals surface area contributed by atoms with Gasteiger partial charge in [-0.2, -0.15) is 0 Å². The number of aryl methyl sites for hydroxylation is 2.